The van der Waals surface area contributed by atoms with Crippen molar-refractivity contribution in [3.05, 3.63) is 17.5 Å². The van der Waals surface area contributed by atoms with E-state index in [1.54, 1.807) is 10.4 Å². The van der Waals surface area contributed by atoms with Crippen LogP contribution in [0, 0.1) is 0 Å². The molecule has 2 aliphatic heterocycles. The molecule has 1 aromatic rings. The van der Waals surface area contributed by atoms with E-state index in [0.717, 1.165) is 44.3 Å². The first-order valence-electron chi connectivity index (χ1n) is 11.0. The number of amides is 1. The molecule has 2 aliphatic carbocycles. The second-order valence-electron chi connectivity index (χ2n) is 9.33. The van der Waals surface area contributed by atoms with Gasteiger partial charge in [0.05, 0.1) is 5.25 Å². The molecule has 2 bridgehead atoms. The number of nitrogens with two attached hydrogens (primary N) is 1. The molecule has 5 rings (SSSR count). The van der Waals surface area contributed by atoms with Crippen molar-refractivity contribution in [3.63, 3.8) is 0 Å². The molecule has 3 N–H and O–H groups in total. The summed E-state index contributed by atoms with van der Waals surface area (Å²) in [7, 11) is -3.31. The van der Waals surface area contributed by atoms with Crippen molar-refractivity contribution in [1.82, 2.24) is 14.8 Å². The number of sulfonamides is 1. The van der Waals surface area contributed by atoms with Gasteiger partial charge in [-0.25, -0.2) is 8.42 Å². The van der Waals surface area contributed by atoms with Crippen LogP contribution in [-0.2, 0) is 10.0 Å². The van der Waals surface area contributed by atoms with Crippen molar-refractivity contribution in [2.45, 2.75) is 99.5 Å². The van der Waals surface area contributed by atoms with E-state index in [4.69, 9.17) is 10.3 Å². The van der Waals surface area contributed by atoms with Crippen molar-refractivity contribution in [2.24, 2.45) is 5.73 Å². The standard InChI is InChI=1S/C20H30N4O4S/c21-13-3-7-17(8-4-13)29(26,27)24-15-5-6-16(24)10-14(9-15)22-20(25)18-11-19(28-23-18)12-1-2-12/h11-17H,1-10,21H2,(H,22,25)/t13?,14?,15-,16+,17?. The number of aromatic nitrogens is 1. The van der Waals surface area contributed by atoms with E-state index < -0.39 is 10.0 Å². The zero-order valence-corrected chi connectivity index (χ0v) is 17.4. The highest BCUT2D eigenvalue weighted by Gasteiger charge is 2.49. The maximum atomic E-state index is 13.3. The van der Waals surface area contributed by atoms with Crippen molar-refractivity contribution >= 4 is 15.9 Å². The third kappa shape index (κ3) is 3.72. The third-order valence-corrected chi connectivity index (χ3v) is 9.67. The summed E-state index contributed by atoms with van der Waals surface area (Å²) in [6.07, 6.45) is 8.17. The number of nitrogens with zero attached hydrogens (tertiary/aromatic N) is 2. The second-order valence-corrected chi connectivity index (χ2v) is 11.4. The molecule has 0 radical (unpaired) electrons. The van der Waals surface area contributed by atoms with Crippen molar-refractivity contribution < 1.29 is 17.7 Å². The highest BCUT2D eigenvalue weighted by atomic mass is 32.2. The lowest BCUT2D eigenvalue weighted by molar-refractivity contribution is 0.0899. The number of nitrogens with one attached hydrogen (secondary N) is 1. The summed E-state index contributed by atoms with van der Waals surface area (Å²) in [5.41, 5.74) is 6.29. The molecule has 1 unspecified atom stereocenters. The first-order valence-corrected chi connectivity index (χ1v) is 12.5. The van der Waals surface area contributed by atoms with Gasteiger partial charge in [-0.15, -0.1) is 0 Å². The molecule has 9 heteroatoms. The molecule has 8 nitrogen and oxygen atoms in total. The number of rotatable bonds is 5. The summed E-state index contributed by atoms with van der Waals surface area (Å²) in [6, 6.07) is 1.83. The molecular formula is C20H30N4O4S. The summed E-state index contributed by atoms with van der Waals surface area (Å²) >= 11 is 0. The zero-order valence-electron chi connectivity index (χ0n) is 16.6. The summed E-state index contributed by atoms with van der Waals surface area (Å²) < 4.78 is 33.7. The highest BCUT2D eigenvalue weighted by molar-refractivity contribution is 7.89. The van der Waals surface area contributed by atoms with E-state index in [2.05, 4.69) is 10.5 Å². The quantitative estimate of drug-likeness (QED) is 0.748. The fraction of sp³-hybridized carbons (Fsp3) is 0.800. The van der Waals surface area contributed by atoms with Gasteiger partial charge >= 0.3 is 0 Å². The SMILES string of the molecule is NC1CCC(S(=O)(=O)N2[C@@H]3CC[C@H]2CC(NC(=O)c2cc(C4CC4)on2)C3)CC1. The van der Waals surface area contributed by atoms with Gasteiger partial charge < -0.3 is 15.6 Å². The number of hydrogen-bond donors (Lipinski definition) is 2. The minimum absolute atomic E-state index is 0.0148. The van der Waals surface area contributed by atoms with Crippen LogP contribution in [0.2, 0.25) is 0 Å². The van der Waals surface area contributed by atoms with Crippen LogP contribution < -0.4 is 11.1 Å². The molecule has 2 saturated carbocycles. The van der Waals surface area contributed by atoms with E-state index in [1.807, 2.05) is 0 Å². The van der Waals surface area contributed by atoms with Crippen LogP contribution in [0.1, 0.15) is 86.4 Å². The summed E-state index contributed by atoms with van der Waals surface area (Å²) in [5.74, 6) is 0.994. The molecule has 0 aromatic carbocycles. The van der Waals surface area contributed by atoms with Crippen LogP contribution in [0.3, 0.4) is 0 Å². The van der Waals surface area contributed by atoms with Crippen LogP contribution in [0.15, 0.2) is 10.6 Å². The molecule has 3 heterocycles. The van der Waals surface area contributed by atoms with Crippen LogP contribution in [0.5, 0.6) is 0 Å². The van der Waals surface area contributed by atoms with Crippen LogP contribution in [0.25, 0.3) is 0 Å². The zero-order chi connectivity index (χ0) is 20.2. The predicted molar refractivity (Wildman–Crippen MR) is 107 cm³/mol. The van der Waals surface area contributed by atoms with Gasteiger partial charge in [0.2, 0.25) is 10.0 Å². The Morgan fingerprint density at radius 2 is 1.72 bits per heavy atom. The Bertz CT molecular complexity index is 859. The molecule has 1 aromatic heterocycles. The Kier molecular flexibility index (Phi) is 4.95. The summed E-state index contributed by atoms with van der Waals surface area (Å²) in [4.78, 5) is 12.6. The van der Waals surface area contributed by atoms with Gasteiger partial charge in [0.1, 0.15) is 5.76 Å². The highest BCUT2D eigenvalue weighted by Crippen LogP contribution is 2.41. The normalized spacial score (nSPS) is 35.6. The van der Waals surface area contributed by atoms with Gasteiger partial charge in [-0.3, -0.25) is 4.79 Å². The molecule has 0 spiro atoms. The maximum absolute atomic E-state index is 13.3. The van der Waals surface area contributed by atoms with Crippen molar-refractivity contribution in [1.29, 1.82) is 0 Å². The number of carbonyl (C=O) groups is 1. The largest absolute Gasteiger partial charge is 0.360 e. The molecule has 4 fully saturated rings. The van der Waals surface area contributed by atoms with E-state index >= 15 is 0 Å². The molecule has 160 valence electrons. The number of piperidine rings is 1. The fourth-order valence-corrected chi connectivity index (χ4v) is 7.87. The molecule has 29 heavy (non-hydrogen) atoms. The van der Waals surface area contributed by atoms with Crippen LogP contribution in [-0.4, -0.2) is 53.2 Å². The summed E-state index contributed by atoms with van der Waals surface area (Å²) in [6.45, 7) is 0. The third-order valence-electron chi connectivity index (χ3n) is 7.18. The minimum Gasteiger partial charge on any atom is -0.360 e. The van der Waals surface area contributed by atoms with Gasteiger partial charge in [0, 0.05) is 36.2 Å². The molecular weight excluding hydrogens is 392 g/mol. The first-order chi connectivity index (χ1) is 13.9. The Hall–Kier alpha value is -1.45. The van der Waals surface area contributed by atoms with Crippen molar-refractivity contribution in [3.8, 4) is 0 Å². The average molecular weight is 423 g/mol. The first kappa shape index (κ1) is 19.5. The predicted octanol–water partition coefficient (Wildman–Crippen LogP) is 1.88. The van der Waals surface area contributed by atoms with E-state index in [-0.39, 0.29) is 35.3 Å². The topological polar surface area (TPSA) is 119 Å². The minimum atomic E-state index is -3.31. The van der Waals surface area contributed by atoms with E-state index in [1.165, 1.54) is 0 Å². The molecule has 2 saturated heterocycles. The fourth-order valence-electron chi connectivity index (χ4n) is 5.44. The lowest BCUT2D eigenvalue weighted by atomic mass is 9.96. The Morgan fingerprint density at radius 1 is 1.07 bits per heavy atom. The Labute approximate surface area is 171 Å². The van der Waals surface area contributed by atoms with Gasteiger partial charge in [-0.1, -0.05) is 5.16 Å². The molecule has 3 atom stereocenters. The lowest BCUT2D eigenvalue weighted by Crippen LogP contribution is -2.55. The number of carbonyl (C=O) groups excluding carboxylic acids is 1. The Balaban J connectivity index is 1.23. The van der Waals surface area contributed by atoms with Crippen LogP contribution >= 0.6 is 0 Å². The second kappa shape index (κ2) is 7.35. The van der Waals surface area contributed by atoms with Crippen molar-refractivity contribution in [2.75, 3.05) is 0 Å². The van der Waals surface area contributed by atoms with Gasteiger partial charge in [0.15, 0.2) is 5.69 Å². The smallest absolute Gasteiger partial charge is 0.273 e. The number of hydrogen-bond acceptors (Lipinski definition) is 6. The number of fused-ring (bicyclic) bond motifs is 2. The lowest BCUT2D eigenvalue weighted by Gasteiger charge is -2.40. The Morgan fingerprint density at radius 3 is 2.34 bits per heavy atom. The molecule has 4 aliphatic rings. The van der Waals surface area contributed by atoms with E-state index in [9.17, 15) is 13.2 Å². The average Bonchev–Trinajstić information content (AvgIpc) is 3.34. The van der Waals surface area contributed by atoms with Crippen LogP contribution in [0.4, 0.5) is 0 Å². The maximum Gasteiger partial charge on any atom is 0.273 e. The van der Waals surface area contributed by atoms with Gasteiger partial charge in [0.25, 0.3) is 5.91 Å². The van der Waals surface area contributed by atoms with E-state index in [0.29, 0.717) is 37.3 Å². The monoisotopic (exact) mass is 422 g/mol. The summed E-state index contributed by atoms with van der Waals surface area (Å²) in [5, 5.41) is 6.68. The molecule has 1 amide bonds. The van der Waals surface area contributed by atoms with Gasteiger partial charge in [-0.2, -0.15) is 4.31 Å². The van der Waals surface area contributed by atoms with Gasteiger partial charge in [-0.05, 0) is 64.2 Å².